The Balaban J connectivity index is 2.95. The maximum absolute atomic E-state index is 5.22. The maximum Gasteiger partial charge on any atom is 0.362 e. The molecule has 0 saturated heterocycles. The summed E-state index contributed by atoms with van der Waals surface area (Å²) in [7, 11) is 0. The number of hydrogen-bond donors (Lipinski definition) is 3. The lowest BCUT2D eigenvalue weighted by Crippen LogP contribution is -2.72. The van der Waals surface area contributed by atoms with Gasteiger partial charge < -0.3 is 0 Å². The summed E-state index contributed by atoms with van der Waals surface area (Å²) in [5.41, 5.74) is 12.3. The van der Waals surface area contributed by atoms with Gasteiger partial charge in [-0.15, -0.1) is 5.10 Å². The molecule has 0 unspecified atom stereocenters. The molecule has 0 bridgehead atoms. The second kappa shape index (κ2) is 4.76. The topological polar surface area (TPSA) is 78.4 Å². The molecule has 1 rings (SSSR count). The average Bonchev–Trinajstić information content (AvgIpc) is 2.14. The molecular weight excluding hydrogens is 244 g/mol. The van der Waals surface area contributed by atoms with Crippen LogP contribution in [0.1, 0.15) is 12.5 Å². The fourth-order valence-corrected chi connectivity index (χ4v) is 1.33. The van der Waals surface area contributed by atoms with E-state index in [0.29, 0.717) is 0 Å². The lowest BCUT2D eigenvalue weighted by atomic mass is 10.1. The first-order valence-electron chi connectivity index (χ1n) is 4.03. The van der Waals surface area contributed by atoms with Gasteiger partial charge >= 0.3 is 5.96 Å². The van der Waals surface area contributed by atoms with Gasteiger partial charge in [-0.05, 0) is 24.6 Å². The van der Waals surface area contributed by atoms with Crippen molar-refractivity contribution in [3.63, 3.8) is 0 Å². The van der Waals surface area contributed by atoms with Crippen LogP contribution >= 0.6 is 15.9 Å². The number of nitrogens with two attached hydrogens (primary N) is 2. The summed E-state index contributed by atoms with van der Waals surface area (Å²) in [4.78, 5) is 0. The summed E-state index contributed by atoms with van der Waals surface area (Å²) in [5, 5.41) is 6.50. The van der Waals surface area contributed by atoms with Gasteiger partial charge in [0.1, 0.15) is 0 Å². The van der Waals surface area contributed by atoms with Crippen molar-refractivity contribution in [2.24, 2.45) is 16.6 Å². The summed E-state index contributed by atoms with van der Waals surface area (Å²) in [5.74, 6) is 0.0827. The fraction of sp³-hybridized carbons (Fsp3) is 0.111. The zero-order chi connectivity index (χ0) is 10.6. The average molecular weight is 256 g/mol. The Hall–Kier alpha value is -1.36. The molecule has 5 heteroatoms. The standard InChI is InChI=1S/C9H11BrN4/c1-6(13-14-9(11)12)7-3-2-4-8(10)5-7/h2-5H,1H3,(H4,11,12,14)/p+1/b13-6-. The highest BCUT2D eigenvalue weighted by Crippen LogP contribution is 2.11. The molecule has 0 fully saturated rings. The van der Waals surface area contributed by atoms with Crippen molar-refractivity contribution in [2.45, 2.75) is 6.92 Å². The number of nitrogens with one attached hydrogen (secondary N) is 1. The van der Waals surface area contributed by atoms with Gasteiger partial charge in [-0.1, -0.05) is 28.1 Å². The zero-order valence-corrected chi connectivity index (χ0v) is 9.38. The third-order valence-corrected chi connectivity index (χ3v) is 2.09. The number of guanidine groups is 1. The molecule has 0 aliphatic heterocycles. The Morgan fingerprint density at radius 3 is 2.71 bits per heavy atom. The zero-order valence-electron chi connectivity index (χ0n) is 7.79. The highest BCUT2D eigenvalue weighted by Gasteiger charge is 1.97. The van der Waals surface area contributed by atoms with E-state index in [1.807, 2.05) is 31.2 Å². The van der Waals surface area contributed by atoms with E-state index in [9.17, 15) is 0 Å². The van der Waals surface area contributed by atoms with Gasteiger partial charge in [0.25, 0.3) is 0 Å². The van der Waals surface area contributed by atoms with Crippen LogP contribution in [-0.4, -0.2) is 11.7 Å². The van der Waals surface area contributed by atoms with Gasteiger partial charge in [-0.3, -0.25) is 11.5 Å². The molecule has 0 atom stereocenters. The predicted octanol–water partition coefficient (Wildman–Crippen LogP) is -0.473. The van der Waals surface area contributed by atoms with Crippen LogP contribution in [-0.2, 0) is 0 Å². The van der Waals surface area contributed by atoms with Crippen LogP contribution in [0.4, 0.5) is 0 Å². The second-order valence-corrected chi connectivity index (χ2v) is 3.69. The van der Waals surface area contributed by atoms with E-state index in [-0.39, 0.29) is 5.96 Å². The van der Waals surface area contributed by atoms with Crippen molar-refractivity contribution in [1.29, 1.82) is 0 Å². The van der Waals surface area contributed by atoms with Crippen LogP contribution in [0.25, 0.3) is 0 Å². The fourth-order valence-electron chi connectivity index (χ4n) is 0.926. The number of halogens is 1. The minimum Gasteiger partial charge on any atom is -0.289 e. The second-order valence-electron chi connectivity index (χ2n) is 2.77. The minimum atomic E-state index is 0.0827. The molecule has 5 N–H and O–H groups in total. The third-order valence-electron chi connectivity index (χ3n) is 1.60. The predicted molar refractivity (Wildman–Crippen MR) is 60.7 cm³/mol. The maximum atomic E-state index is 5.22. The minimum absolute atomic E-state index is 0.0827. The number of hydrogen-bond acceptors (Lipinski definition) is 1. The van der Waals surface area contributed by atoms with Gasteiger partial charge in [0, 0.05) is 4.47 Å². The monoisotopic (exact) mass is 255 g/mol. The lowest BCUT2D eigenvalue weighted by molar-refractivity contribution is -0.464. The quantitative estimate of drug-likeness (QED) is 0.380. The SMILES string of the molecule is C/C(=N/[NH+]=C(N)N)c1cccc(Br)c1. The van der Waals surface area contributed by atoms with Crippen molar-refractivity contribution in [3.05, 3.63) is 34.3 Å². The van der Waals surface area contributed by atoms with Gasteiger partial charge in [-0.25, -0.2) is 0 Å². The van der Waals surface area contributed by atoms with Crippen molar-refractivity contribution < 1.29 is 5.10 Å². The van der Waals surface area contributed by atoms with Crippen molar-refractivity contribution in [3.8, 4) is 0 Å². The molecule has 0 amide bonds. The number of benzene rings is 1. The smallest absolute Gasteiger partial charge is 0.289 e. The Kier molecular flexibility index (Phi) is 3.64. The van der Waals surface area contributed by atoms with E-state index in [1.165, 1.54) is 0 Å². The highest BCUT2D eigenvalue weighted by molar-refractivity contribution is 9.10. The third kappa shape index (κ3) is 3.18. The molecular formula is C9H12BrN4+. The molecule has 0 aliphatic carbocycles. The van der Waals surface area contributed by atoms with Gasteiger partial charge in [0.15, 0.2) is 0 Å². The molecule has 4 nitrogen and oxygen atoms in total. The van der Waals surface area contributed by atoms with E-state index in [4.69, 9.17) is 11.5 Å². The van der Waals surface area contributed by atoms with Gasteiger partial charge in [0.05, 0.1) is 5.71 Å². The molecule has 0 radical (unpaired) electrons. The first kappa shape index (κ1) is 10.7. The summed E-state index contributed by atoms with van der Waals surface area (Å²) in [6.07, 6.45) is 0. The summed E-state index contributed by atoms with van der Waals surface area (Å²) >= 11 is 3.38. The van der Waals surface area contributed by atoms with Gasteiger partial charge in [0.2, 0.25) is 0 Å². The Bertz CT molecular complexity index is 380. The van der Waals surface area contributed by atoms with Crippen LogP contribution in [0.15, 0.2) is 33.8 Å². The molecule has 0 aliphatic rings. The normalized spacial score (nSPS) is 11.1. The number of rotatable bonds is 2. The largest absolute Gasteiger partial charge is 0.362 e. The van der Waals surface area contributed by atoms with Crippen molar-refractivity contribution in [2.75, 3.05) is 0 Å². The molecule has 0 saturated carbocycles. The Morgan fingerprint density at radius 2 is 2.14 bits per heavy atom. The molecule has 74 valence electrons. The van der Waals surface area contributed by atoms with E-state index < -0.39 is 0 Å². The van der Waals surface area contributed by atoms with Crippen LogP contribution in [0.5, 0.6) is 0 Å². The number of nitrogens with zero attached hydrogens (tertiary/aromatic N) is 1. The van der Waals surface area contributed by atoms with Gasteiger partial charge in [-0.2, -0.15) is 5.10 Å². The molecule has 1 aromatic rings. The van der Waals surface area contributed by atoms with Crippen molar-refractivity contribution in [1.82, 2.24) is 0 Å². The van der Waals surface area contributed by atoms with E-state index in [1.54, 1.807) is 0 Å². The Labute approximate surface area is 90.8 Å². The van der Waals surface area contributed by atoms with E-state index in [0.717, 1.165) is 15.7 Å². The lowest BCUT2D eigenvalue weighted by Gasteiger charge is -1.98. The molecule has 0 aromatic heterocycles. The summed E-state index contributed by atoms with van der Waals surface area (Å²) in [6.45, 7) is 1.87. The first-order valence-corrected chi connectivity index (χ1v) is 4.83. The molecule has 1 aromatic carbocycles. The van der Waals surface area contributed by atoms with Crippen molar-refractivity contribution >= 4 is 27.6 Å². The van der Waals surface area contributed by atoms with Crippen LogP contribution < -0.4 is 16.6 Å². The van der Waals surface area contributed by atoms with Crippen LogP contribution in [0, 0.1) is 0 Å². The Morgan fingerprint density at radius 1 is 1.43 bits per heavy atom. The summed E-state index contributed by atoms with van der Waals surface area (Å²) in [6, 6.07) is 7.81. The highest BCUT2D eigenvalue weighted by atomic mass is 79.9. The van der Waals surface area contributed by atoms with Crippen LogP contribution in [0.3, 0.4) is 0 Å². The molecule has 0 heterocycles. The summed E-state index contributed by atoms with van der Waals surface area (Å²) < 4.78 is 1.01. The first-order chi connectivity index (χ1) is 6.59. The molecule has 0 spiro atoms. The van der Waals surface area contributed by atoms with E-state index >= 15 is 0 Å². The number of hydrazone groups is 1. The van der Waals surface area contributed by atoms with E-state index in [2.05, 4.69) is 26.1 Å². The molecule has 14 heavy (non-hydrogen) atoms. The van der Waals surface area contributed by atoms with Crippen LogP contribution in [0.2, 0.25) is 0 Å².